The average molecular weight is 338 g/mol. The molecule has 2 unspecified atom stereocenters. The van der Waals surface area contributed by atoms with Gasteiger partial charge in [-0.2, -0.15) is 0 Å². The fourth-order valence-corrected chi connectivity index (χ4v) is 4.73. The SMILES string of the molecule is CC1CCN(C(=O)c2cc3ccccc3s2)C1CBr. The Kier molecular flexibility index (Phi) is 3.63. The number of nitrogens with zero attached hydrogens (tertiary/aromatic N) is 1. The first-order valence-electron chi connectivity index (χ1n) is 6.56. The molecule has 2 aromatic rings. The lowest BCUT2D eigenvalue weighted by molar-refractivity contribution is 0.0743. The van der Waals surface area contributed by atoms with Crippen LogP contribution >= 0.6 is 27.3 Å². The lowest BCUT2D eigenvalue weighted by Gasteiger charge is -2.24. The third kappa shape index (κ3) is 2.32. The highest BCUT2D eigenvalue weighted by atomic mass is 79.9. The van der Waals surface area contributed by atoms with Crippen molar-refractivity contribution in [3.8, 4) is 0 Å². The van der Waals surface area contributed by atoms with Crippen molar-refractivity contribution >= 4 is 43.3 Å². The molecule has 2 heterocycles. The molecule has 1 aliphatic rings. The summed E-state index contributed by atoms with van der Waals surface area (Å²) in [4.78, 5) is 15.5. The third-order valence-corrected chi connectivity index (χ3v) is 5.71. The Balaban J connectivity index is 1.91. The summed E-state index contributed by atoms with van der Waals surface area (Å²) in [6, 6.07) is 10.5. The monoisotopic (exact) mass is 337 g/mol. The van der Waals surface area contributed by atoms with Crippen molar-refractivity contribution in [1.29, 1.82) is 0 Å². The van der Waals surface area contributed by atoms with Crippen molar-refractivity contribution in [2.75, 3.05) is 11.9 Å². The smallest absolute Gasteiger partial charge is 0.264 e. The fraction of sp³-hybridized carbons (Fsp3) is 0.400. The van der Waals surface area contributed by atoms with Crippen molar-refractivity contribution in [1.82, 2.24) is 4.90 Å². The third-order valence-electron chi connectivity index (χ3n) is 3.94. The zero-order chi connectivity index (χ0) is 13.4. The number of thiophene rings is 1. The Labute approximate surface area is 125 Å². The maximum atomic E-state index is 12.6. The Morgan fingerprint density at radius 2 is 2.26 bits per heavy atom. The van der Waals surface area contributed by atoms with Crippen LogP contribution in [0.4, 0.5) is 0 Å². The van der Waals surface area contributed by atoms with E-state index in [-0.39, 0.29) is 5.91 Å². The molecular formula is C15H16BrNOS. The number of benzene rings is 1. The van der Waals surface area contributed by atoms with Gasteiger partial charge in [0.25, 0.3) is 5.91 Å². The summed E-state index contributed by atoms with van der Waals surface area (Å²) < 4.78 is 1.19. The lowest BCUT2D eigenvalue weighted by Crippen LogP contribution is -2.38. The predicted molar refractivity (Wildman–Crippen MR) is 84.2 cm³/mol. The van der Waals surface area contributed by atoms with Crippen LogP contribution in [0, 0.1) is 5.92 Å². The molecule has 0 bridgehead atoms. The van der Waals surface area contributed by atoms with Gasteiger partial charge >= 0.3 is 0 Å². The summed E-state index contributed by atoms with van der Waals surface area (Å²) in [5.74, 6) is 0.771. The number of fused-ring (bicyclic) bond motifs is 1. The van der Waals surface area contributed by atoms with Crippen LogP contribution in [-0.2, 0) is 0 Å². The van der Waals surface area contributed by atoms with E-state index >= 15 is 0 Å². The molecule has 19 heavy (non-hydrogen) atoms. The minimum atomic E-state index is 0.190. The number of hydrogen-bond acceptors (Lipinski definition) is 2. The molecule has 1 aliphatic heterocycles. The molecule has 0 aliphatic carbocycles. The fourth-order valence-electron chi connectivity index (χ4n) is 2.72. The molecule has 0 N–H and O–H groups in total. The zero-order valence-electron chi connectivity index (χ0n) is 10.8. The first-order valence-corrected chi connectivity index (χ1v) is 8.50. The normalized spacial score (nSPS) is 23.2. The maximum Gasteiger partial charge on any atom is 0.264 e. The summed E-state index contributed by atoms with van der Waals surface area (Å²) in [5, 5.41) is 2.03. The van der Waals surface area contributed by atoms with Crippen molar-refractivity contribution < 1.29 is 4.79 Å². The second kappa shape index (κ2) is 5.25. The van der Waals surface area contributed by atoms with Crippen molar-refractivity contribution in [3.05, 3.63) is 35.2 Å². The van der Waals surface area contributed by atoms with Gasteiger partial charge in [-0.1, -0.05) is 41.1 Å². The van der Waals surface area contributed by atoms with E-state index in [0.717, 1.165) is 23.2 Å². The van der Waals surface area contributed by atoms with Crippen LogP contribution in [0.3, 0.4) is 0 Å². The number of hydrogen-bond donors (Lipinski definition) is 0. The van der Waals surface area contributed by atoms with Gasteiger partial charge in [0, 0.05) is 22.6 Å². The van der Waals surface area contributed by atoms with Gasteiger partial charge in [0.1, 0.15) is 0 Å². The average Bonchev–Trinajstić information content (AvgIpc) is 3.00. The summed E-state index contributed by atoms with van der Waals surface area (Å²) in [6.07, 6.45) is 1.10. The van der Waals surface area contributed by atoms with E-state index < -0.39 is 0 Å². The first kappa shape index (κ1) is 13.1. The highest BCUT2D eigenvalue weighted by Gasteiger charge is 2.34. The highest BCUT2D eigenvalue weighted by molar-refractivity contribution is 9.09. The first-order chi connectivity index (χ1) is 9.20. The molecule has 3 rings (SSSR count). The van der Waals surface area contributed by atoms with E-state index in [9.17, 15) is 4.79 Å². The maximum absolute atomic E-state index is 12.6. The van der Waals surface area contributed by atoms with Gasteiger partial charge in [0.05, 0.1) is 4.88 Å². The van der Waals surface area contributed by atoms with Crippen LogP contribution in [0.2, 0.25) is 0 Å². The number of alkyl halides is 1. The number of likely N-dealkylation sites (tertiary alicyclic amines) is 1. The molecule has 0 saturated carbocycles. The summed E-state index contributed by atoms with van der Waals surface area (Å²) >= 11 is 5.14. The number of rotatable bonds is 2. The Bertz CT molecular complexity index is 576. The molecule has 0 radical (unpaired) electrons. The number of amides is 1. The van der Waals surface area contributed by atoms with E-state index in [1.807, 2.05) is 23.1 Å². The molecule has 100 valence electrons. The van der Waals surface area contributed by atoms with Gasteiger partial charge in [0.15, 0.2) is 0 Å². The minimum absolute atomic E-state index is 0.190. The summed E-state index contributed by atoms with van der Waals surface area (Å²) in [7, 11) is 0. The highest BCUT2D eigenvalue weighted by Crippen LogP contribution is 2.31. The summed E-state index contributed by atoms with van der Waals surface area (Å²) in [6.45, 7) is 3.11. The van der Waals surface area contributed by atoms with E-state index in [1.165, 1.54) is 10.1 Å². The molecule has 4 heteroatoms. The van der Waals surface area contributed by atoms with E-state index in [4.69, 9.17) is 0 Å². The molecule has 1 aromatic heterocycles. The van der Waals surface area contributed by atoms with Crippen molar-refractivity contribution in [2.24, 2.45) is 5.92 Å². The predicted octanol–water partition coefficient (Wildman–Crippen LogP) is 4.15. The standard InChI is InChI=1S/C15H16BrNOS/c1-10-6-7-17(12(10)9-16)15(18)14-8-11-4-2-3-5-13(11)19-14/h2-5,8,10,12H,6-7,9H2,1H3. The second-order valence-corrected chi connectivity index (χ2v) is 6.87. The largest absolute Gasteiger partial charge is 0.334 e. The Hall–Kier alpha value is -0.870. The topological polar surface area (TPSA) is 20.3 Å². The van der Waals surface area contributed by atoms with Crippen LogP contribution < -0.4 is 0 Å². The quantitative estimate of drug-likeness (QED) is 0.754. The molecule has 1 saturated heterocycles. The van der Waals surface area contributed by atoms with Gasteiger partial charge in [0.2, 0.25) is 0 Å². The Morgan fingerprint density at radius 3 is 3.00 bits per heavy atom. The number of carbonyl (C=O) groups excluding carboxylic acids is 1. The lowest BCUT2D eigenvalue weighted by atomic mass is 10.1. The number of carbonyl (C=O) groups is 1. The van der Waals surface area contributed by atoms with Gasteiger partial charge < -0.3 is 4.90 Å². The second-order valence-electron chi connectivity index (χ2n) is 5.13. The van der Waals surface area contributed by atoms with Gasteiger partial charge in [-0.3, -0.25) is 4.79 Å². The van der Waals surface area contributed by atoms with Crippen molar-refractivity contribution in [3.63, 3.8) is 0 Å². The Morgan fingerprint density at radius 1 is 1.47 bits per heavy atom. The molecule has 1 fully saturated rings. The van der Waals surface area contributed by atoms with Gasteiger partial charge in [-0.15, -0.1) is 11.3 Å². The van der Waals surface area contributed by atoms with E-state index in [0.29, 0.717) is 12.0 Å². The molecule has 1 aromatic carbocycles. The van der Waals surface area contributed by atoms with E-state index in [2.05, 4.69) is 35.0 Å². The minimum Gasteiger partial charge on any atom is -0.334 e. The molecular weight excluding hydrogens is 322 g/mol. The zero-order valence-corrected chi connectivity index (χ0v) is 13.2. The molecule has 2 atom stereocenters. The molecule has 1 amide bonds. The van der Waals surface area contributed by atoms with Crippen LogP contribution in [-0.4, -0.2) is 28.7 Å². The number of halogens is 1. The molecule has 2 nitrogen and oxygen atoms in total. The van der Waals surface area contributed by atoms with Crippen LogP contribution in [0.15, 0.2) is 30.3 Å². The van der Waals surface area contributed by atoms with Crippen LogP contribution in [0.25, 0.3) is 10.1 Å². The van der Waals surface area contributed by atoms with Gasteiger partial charge in [-0.05, 0) is 29.9 Å². The van der Waals surface area contributed by atoms with E-state index in [1.54, 1.807) is 11.3 Å². The summed E-state index contributed by atoms with van der Waals surface area (Å²) in [5.41, 5.74) is 0. The molecule has 0 spiro atoms. The van der Waals surface area contributed by atoms with Crippen LogP contribution in [0.1, 0.15) is 23.0 Å². The van der Waals surface area contributed by atoms with Crippen molar-refractivity contribution in [2.45, 2.75) is 19.4 Å². The van der Waals surface area contributed by atoms with Gasteiger partial charge in [-0.25, -0.2) is 0 Å². The van der Waals surface area contributed by atoms with Crippen LogP contribution in [0.5, 0.6) is 0 Å².